The van der Waals surface area contributed by atoms with E-state index in [1.807, 2.05) is 31.5 Å². The summed E-state index contributed by atoms with van der Waals surface area (Å²) in [7, 11) is 0. The van der Waals surface area contributed by atoms with E-state index in [1.165, 1.54) is 0 Å². The smallest absolute Gasteiger partial charge is 0.142 e. The van der Waals surface area contributed by atoms with Crippen molar-refractivity contribution in [2.45, 2.75) is 27.3 Å². The molecule has 0 spiro atoms. The van der Waals surface area contributed by atoms with Crippen molar-refractivity contribution < 1.29 is 5.11 Å². The Balaban J connectivity index is 2.26. The summed E-state index contributed by atoms with van der Waals surface area (Å²) in [5, 5.41) is 23.5. The maximum absolute atomic E-state index is 9.51. The summed E-state index contributed by atoms with van der Waals surface area (Å²) < 4.78 is 1.92. The van der Waals surface area contributed by atoms with Crippen LogP contribution in [-0.4, -0.2) is 19.9 Å². The van der Waals surface area contributed by atoms with Gasteiger partial charge in [-0.2, -0.15) is 10.4 Å². The Labute approximate surface area is 146 Å². The quantitative estimate of drug-likeness (QED) is 0.765. The van der Waals surface area contributed by atoms with E-state index in [0.717, 1.165) is 29.1 Å². The van der Waals surface area contributed by atoms with Crippen LogP contribution in [0.3, 0.4) is 0 Å². The summed E-state index contributed by atoms with van der Waals surface area (Å²) >= 11 is 0. The van der Waals surface area contributed by atoms with Crippen molar-refractivity contribution in [1.82, 2.24) is 14.8 Å². The second kappa shape index (κ2) is 6.29. The lowest BCUT2D eigenvalue weighted by Crippen LogP contribution is -2.01. The molecule has 0 bridgehead atoms. The molecular formula is C19H19N5O. The summed E-state index contributed by atoms with van der Waals surface area (Å²) in [5.41, 5.74) is 11.4. The van der Waals surface area contributed by atoms with Gasteiger partial charge in [0.1, 0.15) is 23.2 Å². The van der Waals surface area contributed by atoms with Gasteiger partial charge in [-0.1, -0.05) is 12.1 Å². The maximum atomic E-state index is 9.51. The molecular weight excluding hydrogens is 314 g/mol. The van der Waals surface area contributed by atoms with Crippen LogP contribution < -0.4 is 5.73 Å². The van der Waals surface area contributed by atoms with Gasteiger partial charge in [0.05, 0.1) is 11.4 Å². The molecule has 0 aliphatic carbocycles. The Morgan fingerprint density at radius 3 is 2.48 bits per heavy atom. The fraction of sp³-hybridized carbons (Fsp3) is 0.211. The number of pyridine rings is 1. The second-order valence-electron chi connectivity index (χ2n) is 5.84. The highest BCUT2D eigenvalue weighted by Crippen LogP contribution is 2.34. The van der Waals surface area contributed by atoms with Crippen molar-refractivity contribution in [2.24, 2.45) is 0 Å². The molecule has 0 saturated carbocycles. The monoisotopic (exact) mass is 333 g/mol. The van der Waals surface area contributed by atoms with Crippen LogP contribution in [0.5, 0.6) is 5.75 Å². The van der Waals surface area contributed by atoms with E-state index >= 15 is 0 Å². The third-order valence-electron chi connectivity index (χ3n) is 4.27. The number of aryl methyl sites for hydroxylation is 2. The van der Waals surface area contributed by atoms with Crippen molar-refractivity contribution in [1.29, 1.82) is 5.26 Å². The number of phenols is 1. The van der Waals surface area contributed by atoms with Gasteiger partial charge in [0.2, 0.25) is 0 Å². The number of aromatic hydroxyl groups is 1. The minimum Gasteiger partial charge on any atom is -0.508 e. The fourth-order valence-corrected chi connectivity index (χ4v) is 3.05. The highest BCUT2D eigenvalue weighted by atomic mass is 16.3. The minimum absolute atomic E-state index is 0.167. The van der Waals surface area contributed by atoms with Crippen LogP contribution in [0.25, 0.3) is 22.4 Å². The number of phenolic OH excluding ortho intramolecular Hbond substituents is 1. The van der Waals surface area contributed by atoms with Crippen molar-refractivity contribution in [3.63, 3.8) is 0 Å². The zero-order chi connectivity index (χ0) is 18.1. The highest BCUT2D eigenvalue weighted by molar-refractivity contribution is 5.81. The molecule has 0 aliphatic rings. The molecule has 126 valence electrons. The first kappa shape index (κ1) is 16.5. The molecule has 2 heterocycles. The van der Waals surface area contributed by atoms with Crippen LogP contribution in [0, 0.1) is 25.2 Å². The average molecular weight is 333 g/mol. The third kappa shape index (κ3) is 2.81. The summed E-state index contributed by atoms with van der Waals surface area (Å²) in [6.07, 6.45) is 0. The van der Waals surface area contributed by atoms with Crippen LogP contribution >= 0.6 is 0 Å². The van der Waals surface area contributed by atoms with Gasteiger partial charge >= 0.3 is 0 Å². The normalized spacial score (nSPS) is 10.6. The molecule has 0 amide bonds. The summed E-state index contributed by atoms with van der Waals surface area (Å²) in [6, 6.07) is 10.7. The lowest BCUT2D eigenvalue weighted by Gasteiger charge is -2.11. The fourth-order valence-electron chi connectivity index (χ4n) is 3.05. The van der Waals surface area contributed by atoms with Gasteiger partial charge in [-0.15, -0.1) is 0 Å². The minimum atomic E-state index is 0.167. The number of nitrogen functional groups attached to an aromatic ring is 1. The van der Waals surface area contributed by atoms with Gasteiger partial charge < -0.3 is 10.8 Å². The predicted octanol–water partition coefficient (Wildman–Crippen LogP) is 3.41. The molecule has 6 heteroatoms. The standard InChI is InChI=1S/C19H19N5O/c1-4-24-12(3)18(11(2)23-24)17-9-15(16(10-20)19(21)22-17)13-5-7-14(25)8-6-13/h5-9,25H,4H2,1-3H3,(H2,21,22). The molecule has 0 unspecified atom stereocenters. The Morgan fingerprint density at radius 2 is 1.92 bits per heavy atom. The molecule has 3 rings (SSSR count). The molecule has 0 aliphatic heterocycles. The summed E-state index contributed by atoms with van der Waals surface area (Å²) in [5.74, 6) is 0.353. The summed E-state index contributed by atoms with van der Waals surface area (Å²) in [6.45, 7) is 6.73. The number of aromatic nitrogens is 3. The number of nitrogens with zero attached hydrogens (tertiary/aromatic N) is 4. The Hall–Kier alpha value is -3.33. The van der Waals surface area contributed by atoms with Gasteiger partial charge in [0.15, 0.2) is 0 Å². The number of benzene rings is 1. The Morgan fingerprint density at radius 1 is 1.24 bits per heavy atom. The van der Waals surface area contributed by atoms with Gasteiger partial charge in [-0.25, -0.2) is 4.98 Å². The Kier molecular flexibility index (Phi) is 4.15. The molecule has 1 aromatic carbocycles. The maximum Gasteiger partial charge on any atom is 0.142 e. The van der Waals surface area contributed by atoms with Crippen LogP contribution in [0.2, 0.25) is 0 Å². The zero-order valence-electron chi connectivity index (χ0n) is 14.4. The number of hydrogen-bond donors (Lipinski definition) is 2. The molecule has 0 saturated heterocycles. The van der Waals surface area contributed by atoms with Crippen LogP contribution in [0.1, 0.15) is 23.9 Å². The van der Waals surface area contributed by atoms with E-state index in [1.54, 1.807) is 24.3 Å². The predicted molar refractivity (Wildman–Crippen MR) is 96.8 cm³/mol. The van der Waals surface area contributed by atoms with Gasteiger partial charge in [0, 0.05) is 23.4 Å². The first-order valence-corrected chi connectivity index (χ1v) is 8.00. The Bertz CT molecular complexity index is 981. The number of nitrogens with two attached hydrogens (primary N) is 1. The lowest BCUT2D eigenvalue weighted by atomic mass is 9.98. The van der Waals surface area contributed by atoms with Crippen molar-refractivity contribution >= 4 is 5.82 Å². The van der Waals surface area contributed by atoms with Crippen LogP contribution in [0.4, 0.5) is 5.82 Å². The van der Waals surface area contributed by atoms with Gasteiger partial charge in [0.25, 0.3) is 0 Å². The largest absolute Gasteiger partial charge is 0.508 e. The molecule has 2 aromatic heterocycles. The lowest BCUT2D eigenvalue weighted by molar-refractivity contribution is 0.475. The molecule has 25 heavy (non-hydrogen) atoms. The van der Waals surface area contributed by atoms with Crippen LogP contribution in [-0.2, 0) is 6.54 Å². The van der Waals surface area contributed by atoms with Gasteiger partial charge in [-0.05, 0) is 44.5 Å². The molecule has 6 nitrogen and oxygen atoms in total. The molecule has 3 N–H and O–H groups in total. The van der Waals surface area contributed by atoms with Crippen molar-refractivity contribution in [2.75, 3.05) is 5.73 Å². The van der Waals surface area contributed by atoms with E-state index in [4.69, 9.17) is 5.73 Å². The molecule has 0 fully saturated rings. The summed E-state index contributed by atoms with van der Waals surface area (Å²) in [4.78, 5) is 4.44. The number of rotatable bonds is 3. The van der Waals surface area contributed by atoms with Crippen molar-refractivity contribution in [3.05, 3.63) is 47.3 Å². The second-order valence-corrected chi connectivity index (χ2v) is 5.84. The van der Waals surface area contributed by atoms with E-state index in [9.17, 15) is 10.4 Å². The molecule has 0 atom stereocenters. The highest BCUT2D eigenvalue weighted by Gasteiger charge is 2.18. The van der Waals surface area contributed by atoms with E-state index < -0.39 is 0 Å². The van der Waals surface area contributed by atoms with Crippen molar-refractivity contribution in [3.8, 4) is 34.2 Å². The number of anilines is 1. The van der Waals surface area contributed by atoms with Gasteiger partial charge in [-0.3, -0.25) is 4.68 Å². The number of nitriles is 1. The number of hydrogen-bond acceptors (Lipinski definition) is 5. The first-order chi connectivity index (χ1) is 12.0. The third-order valence-corrected chi connectivity index (χ3v) is 4.27. The zero-order valence-corrected chi connectivity index (χ0v) is 14.4. The molecule has 3 aromatic rings. The average Bonchev–Trinajstić information content (AvgIpc) is 2.88. The van der Waals surface area contributed by atoms with Crippen LogP contribution in [0.15, 0.2) is 30.3 Å². The first-order valence-electron chi connectivity index (χ1n) is 8.00. The SMILES string of the molecule is CCn1nc(C)c(-c2cc(-c3ccc(O)cc3)c(C#N)c(N)n2)c1C. The molecule has 0 radical (unpaired) electrons. The van der Waals surface area contributed by atoms with E-state index in [0.29, 0.717) is 16.8 Å². The topological polar surface area (TPSA) is 101 Å². The van der Waals surface area contributed by atoms with E-state index in [2.05, 4.69) is 16.2 Å². The van der Waals surface area contributed by atoms with E-state index in [-0.39, 0.29) is 11.6 Å².